The van der Waals surface area contributed by atoms with Crippen molar-refractivity contribution in [1.29, 1.82) is 5.26 Å². The van der Waals surface area contributed by atoms with Crippen molar-refractivity contribution in [3.05, 3.63) is 35.4 Å². The molecule has 18 heavy (non-hydrogen) atoms. The summed E-state index contributed by atoms with van der Waals surface area (Å²) in [4.78, 5) is 14.0. The van der Waals surface area contributed by atoms with Gasteiger partial charge in [0.1, 0.15) is 6.04 Å². The van der Waals surface area contributed by atoms with Gasteiger partial charge in [-0.2, -0.15) is 5.26 Å². The van der Waals surface area contributed by atoms with Crippen LogP contribution in [-0.4, -0.2) is 23.4 Å². The van der Waals surface area contributed by atoms with Gasteiger partial charge in [-0.1, -0.05) is 26.0 Å². The second-order valence-corrected chi connectivity index (χ2v) is 5.06. The fraction of sp³-hybridized carbons (Fsp3) is 0.467. The quantitative estimate of drug-likeness (QED) is 0.800. The van der Waals surface area contributed by atoms with E-state index in [-0.39, 0.29) is 11.9 Å². The molecule has 1 unspecified atom stereocenters. The van der Waals surface area contributed by atoms with E-state index in [1.54, 1.807) is 4.90 Å². The van der Waals surface area contributed by atoms with E-state index in [2.05, 4.69) is 19.9 Å². The highest BCUT2D eigenvalue weighted by molar-refractivity contribution is 5.94. The molecule has 1 saturated heterocycles. The monoisotopic (exact) mass is 242 g/mol. The maximum Gasteiger partial charge on any atom is 0.254 e. The molecule has 94 valence electrons. The van der Waals surface area contributed by atoms with E-state index in [9.17, 15) is 4.79 Å². The minimum atomic E-state index is -0.248. The number of carbonyl (C=O) groups excluding carboxylic acids is 1. The van der Waals surface area contributed by atoms with Crippen LogP contribution in [0.4, 0.5) is 0 Å². The van der Waals surface area contributed by atoms with Gasteiger partial charge < -0.3 is 4.90 Å². The van der Waals surface area contributed by atoms with Crippen LogP contribution >= 0.6 is 0 Å². The second-order valence-electron chi connectivity index (χ2n) is 5.06. The van der Waals surface area contributed by atoms with Crippen LogP contribution in [0.2, 0.25) is 0 Å². The molecule has 2 rings (SSSR count). The van der Waals surface area contributed by atoms with Crippen LogP contribution in [0.3, 0.4) is 0 Å². The Morgan fingerprint density at radius 2 is 2.06 bits per heavy atom. The van der Waals surface area contributed by atoms with Crippen molar-refractivity contribution < 1.29 is 4.79 Å². The Kier molecular flexibility index (Phi) is 3.66. The maximum atomic E-state index is 12.3. The number of hydrogen-bond donors (Lipinski definition) is 0. The summed E-state index contributed by atoms with van der Waals surface area (Å²) in [6.45, 7) is 4.95. The first-order valence-corrected chi connectivity index (χ1v) is 6.44. The van der Waals surface area contributed by atoms with Crippen LogP contribution in [-0.2, 0) is 0 Å². The summed E-state index contributed by atoms with van der Waals surface area (Å²) in [7, 11) is 0. The van der Waals surface area contributed by atoms with E-state index in [4.69, 9.17) is 5.26 Å². The first kappa shape index (κ1) is 12.6. The SMILES string of the molecule is CC(C)c1ccc(C(=O)N2CCCC2C#N)cc1. The van der Waals surface area contributed by atoms with Crippen LogP contribution in [0.5, 0.6) is 0 Å². The smallest absolute Gasteiger partial charge is 0.254 e. The average Bonchev–Trinajstić information content (AvgIpc) is 2.86. The summed E-state index contributed by atoms with van der Waals surface area (Å²) >= 11 is 0. The molecule has 1 amide bonds. The van der Waals surface area contributed by atoms with Gasteiger partial charge in [0.2, 0.25) is 0 Å². The van der Waals surface area contributed by atoms with E-state index < -0.39 is 0 Å². The predicted molar refractivity (Wildman–Crippen MR) is 70.2 cm³/mol. The van der Waals surface area contributed by atoms with Gasteiger partial charge >= 0.3 is 0 Å². The van der Waals surface area contributed by atoms with Crippen LogP contribution in [0.15, 0.2) is 24.3 Å². The predicted octanol–water partition coefficient (Wildman–Crippen LogP) is 2.94. The summed E-state index contributed by atoms with van der Waals surface area (Å²) in [5, 5.41) is 9.01. The molecule has 1 aliphatic rings. The van der Waals surface area contributed by atoms with Crippen molar-refractivity contribution in [2.75, 3.05) is 6.54 Å². The lowest BCUT2D eigenvalue weighted by Crippen LogP contribution is -2.34. The van der Waals surface area contributed by atoms with Crippen LogP contribution in [0, 0.1) is 11.3 Å². The molecule has 1 aromatic carbocycles. The first-order chi connectivity index (χ1) is 8.63. The molecule has 0 saturated carbocycles. The molecule has 1 aliphatic heterocycles. The molecule has 1 heterocycles. The Labute approximate surface area is 108 Å². The Bertz CT molecular complexity index is 470. The number of amides is 1. The van der Waals surface area contributed by atoms with Crippen LogP contribution in [0.1, 0.15) is 48.5 Å². The fourth-order valence-electron chi connectivity index (χ4n) is 2.32. The van der Waals surface area contributed by atoms with Gasteiger partial charge in [-0.3, -0.25) is 4.79 Å². The van der Waals surface area contributed by atoms with Gasteiger partial charge in [-0.15, -0.1) is 0 Å². The summed E-state index contributed by atoms with van der Waals surface area (Å²) in [5.74, 6) is 0.446. The maximum absolute atomic E-state index is 12.3. The summed E-state index contributed by atoms with van der Waals surface area (Å²) < 4.78 is 0. The third kappa shape index (κ3) is 2.38. The van der Waals surface area contributed by atoms with E-state index in [1.165, 1.54) is 5.56 Å². The second kappa shape index (κ2) is 5.22. The molecule has 1 aromatic rings. The minimum Gasteiger partial charge on any atom is -0.323 e. The highest BCUT2D eigenvalue weighted by Crippen LogP contribution is 2.21. The lowest BCUT2D eigenvalue weighted by atomic mass is 10.0. The molecule has 0 bridgehead atoms. The fourth-order valence-corrected chi connectivity index (χ4v) is 2.32. The molecule has 0 spiro atoms. The molecular weight excluding hydrogens is 224 g/mol. The normalized spacial score (nSPS) is 19.0. The van der Waals surface area contributed by atoms with Gasteiger partial charge in [0.15, 0.2) is 0 Å². The van der Waals surface area contributed by atoms with Gasteiger partial charge in [-0.25, -0.2) is 0 Å². The third-order valence-electron chi connectivity index (χ3n) is 3.49. The Balaban J connectivity index is 2.16. The molecule has 3 nitrogen and oxygen atoms in total. The van der Waals surface area contributed by atoms with E-state index in [0.29, 0.717) is 18.0 Å². The Morgan fingerprint density at radius 3 is 2.61 bits per heavy atom. The molecule has 3 heteroatoms. The number of hydrogen-bond acceptors (Lipinski definition) is 2. The molecule has 0 aliphatic carbocycles. The Morgan fingerprint density at radius 1 is 1.39 bits per heavy atom. The van der Waals surface area contributed by atoms with Crippen molar-refractivity contribution in [1.82, 2.24) is 4.90 Å². The zero-order valence-electron chi connectivity index (χ0n) is 10.9. The van der Waals surface area contributed by atoms with Gasteiger partial charge in [0, 0.05) is 12.1 Å². The molecule has 1 fully saturated rings. The van der Waals surface area contributed by atoms with Crippen molar-refractivity contribution in [3.63, 3.8) is 0 Å². The topological polar surface area (TPSA) is 44.1 Å². The third-order valence-corrected chi connectivity index (χ3v) is 3.49. The van der Waals surface area contributed by atoms with Crippen molar-refractivity contribution in [2.45, 2.75) is 38.6 Å². The van der Waals surface area contributed by atoms with E-state index in [0.717, 1.165) is 12.8 Å². The molecule has 1 atom stereocenters. The number of rotatable bonds is 2. The summed E-state index contributed by atoms with van der Waals surface area (Å²) in [6, 6.07) is 9.67. The van der Waals surface area contributed by atoms with E-state index >= 15 is 0 Å². The zero-order chi connectivity index (χ0) is 13.1. The molecule has 0 N–H and O–H groups in total. The summed E-state index contributed by atoms with van der Waals surface area (Å²) in [6.07, 6.45) is 1.72. The van der Waals surface area contributed by atoms with E-state index in [1.807, 2.05) is 24.3 Å². The van der Waals surface area contributed by atoms with Crippen molar-refractivity contribution >= 4 is 5.91 Å². The highest BCUT2D eigenvalue weighted by atomic mass is 16.2. The minimum absolute atomic E-state index is 0.0191. The standard InChI is InChI=1S/C15H18N2O/c1-11(2)12-5-7-13(8-6-12)15(18)17-9-3-4-14(17)10-16/h5-8,11,14H,3-4,9H2,1-2H3. The number of benzene rings is 1. The van der Waals surface area contributed by atoms with Crippen molar-refractivity contribution in [2.24, 2.45) is 0 Å². The lowest BCUT2D eigenvalue weighted by Gasteiger charge is -2.19. The largest absolute Gasteiger partial charge is 0.323 e. The lowest BCUT2D eigenvalue weighted by molar-refractivity contribution is 0.0765. The average molecular weight is 242 g/mol. The number of nitriles is 1. The zero-order valence-corrected chi connectivity index (χ0v) is 10.9. The number of carbonyl (C=O) groups is 1. The van der Waals surface area contributed by atoms with Gasteiger partial charge in [0.05, 0.1) is 6.07 Å². The first-order valence-electron chi connectivity index (χ1n) is 6.44. The molecular formula is C15H18N2O. The number of nitrogens with zero attached hydrogens (tertiary/aromatic N) is 2. The highest BCUT2D eigenvalue weighted by Gasteiger charge is 2.29. The number of likely N-dealkylation sites (tertiary alicyclic amines) is 1. The molecule has 0 radical (unpaired) electrons. The summed E-state index contributed by atoms with van der Waals surface area (Å²) in [5.41, 5.74) is 1.91. The van der Waals surface area contributed by atoms with Gasteiger partial charge in [-0.05, 0) is 36.5 Å². The van der Waals surface area contributed by atoms with Gasteiger partial charge in [0.25, 0.3) is 5.91 Å². The Hall–Kier alpha value is -1.82. The van der Waals surface area contributed by atoms with Crippen LogP contribution in [0.25, 0.3) is 0 Å². The van der Waals surface area contributed by atoms with Crippen molar-refractivity contribution in [3.8, 4) is 6.07 Å². The van der Waals surface area contributed by atoms with Crippen LogP contribution < -0.4 is 0 Å². The molecule has 0 aromatic heterocycles.